The molecule has 1 heterocycles. The van der Waals surface area contributed by atoms with E-state index in [1.807, 2.05) is 6.07 Å². The molecule has 4 rings (SSSR count). The number of carboxylic acid groups (broad SMARTS) is 1. The first-order valence-electron chi connectivity index (χ1n) is 13.0. The molecule has 0 spiro atoms. The van der Waals surface area contributed by atoms with Crippen molar-refractivity contribution in [1.29, 1.82) is 0 Å². The van der Waals surface area contributed by atoms with Crippen molar-refractivity contribution in [3.8, 4) is 0 Å². The molecule has 0 saturated carbocycles. The van der Waals surface area contributed by atoms with E-state index >= 15 is 0 Å². The van der Waals surface area contributed by atoms with Crippen LogP contribution in [0.1, 0.15) is 29.2 Å². The Labute approximate surface area is 248 Å². The predicted octanol–water partition coefficient (Wildman–Crippen LogP) is 4.65. The van der Waals surface area contributed by atoms with Gasteiger partial charge in [0, 0.05) is 30.3 Å². The molecule has 5 N–H and O–H groups in total. The first-order valence-corrected chi connectivity index (χ1v) is 14.5. The zero-order chi connectivity index (χ0) is 30.7. The zero-order valence-corrected chi connectivity index (χ0v) is 23.6. The number of carbonyl (C=O) groups is 3. The van der Waals surface area contributed by atoms with Crippen molar-refractivity contribution in [2.75, 3.05) is 10.0 Å². The number of carboxylic acids is 1. The number of urea groups is 1. The van der Waals surface area contributed by atoms with Crippen molar-refractivity contribution in [2.45, 2.75) is 30.5 Å². The van der Waals surface area contributed by atoms with Crippen molar-refractivity contribution in [2.24, 2.45) is 0 Å². The van der Waals surface area contributed by atoms with Crippen LogP contribution in [0.5, 0.6) is 0 Å². The first kappa shape index (κ1) is 30.5. The van der Waals surface area contributed by atoms with Crippen LogP contribution in [-0.2, 0) is 32.7 Å². The monoisotopic (exact) mass is 603 g/mol. The molecule has 43 heavy (non-hydrogen) atoms. The number of pyridine rings is 1. The molecule has 0 aliphatic carbocycles. The van der Waals surface area contributed by atoms with E-state index in [-0.39, 0.29) is 29.4 Å². The van der Waals surface area contributed by atoms with Gasteiger partial charge in [-0.05, 0) is 59.2 Å². The van der Waals surface area contributed by atoms with E-state index in [0.29, 0.717) is 5.56 Å². The first-order chi connectivity index (χ1) is 20.7. The number of aromatic nitrogens is 1. The lowest BCUT2D eigenvalue weighted by Gasteiger charge is -2.18. The standard InChI is InChI=1S/C30H29N5O7S/c36-28(37)18-27(34-30(39)42-20-22-6-2-1-3-7-22)23-8-4-10-25(16-23)35-43(40,41)26-11-5-9-24(17-26)33-29(38)32-19-21-12-14-31-15-13-21/h1-17,27,35H,18-20H2,(H,34,39)(H,36,37)(H2,32,33,38)/t27-/m1/s1. The van der Waals surface area contributed by atoms with Crippen LogP contribution in [0.2, 0.25) is 0 Å². The summed E-state index contributed by atoms with van der Waals surface area (Å²) in [4.78, 5) is 40.1. The van der Waals surface area contributed by atoms with Crippen molar-refractivity contribution < 1.29 is 32.6 Å². The molecule has 0 bridgehead atoms. The van der Waals surface area contributed by atoms with E-state index in [2.05, 4.69) is 25.7 Å². The van der Waals surface area contributed by atoms with Gasteiger partial charge in [-0.15, -0.1) is 0 Å². The molecule has 12 nitrogen and oxygen atoms in total. The largest absolute Gasteiger partial charge is 0.481 e. The maximum absolute atomic E-state index is 13.2. The third kappa shape index (κ3) is 9.57. The van der Waals surface area contributed by atoms with Gasteiger partial charge in [0.1, 0.15) is 6.61 Å². The van der Waals surface area contributed by atoms with Crippen LogP contribution in [0.15, 0.2) is 108 Å². The lowest BCUT2D eigenvalue weighted by Crippen LogP contribution is -2.30. The molecule has 13 heteroatoms. The van der Waals surface area contributed by atoms with Gasteiger partial charge in [-0.2, -0.15) is 0 Å². The molecule has 3 amide bonds. The minimum absolute atomic E-state index is 0.00732. The number of nitrogens with one attached hydrogen (secondary N) is 4. The molecule has 1 atom stereocenters. The fourth-order valence-corrected chi connectivity index (χ4v) is 5.06. The van der Waals surface area contributed by atoms with E-state index in [9.17, 15) is 27.9 Å². The molecule has 0 saturated heterocycles. The highest BCUT2D eigenvalue weighted by Gasteiger charge is 2.21. The molecule has 0 unspecified atom stereocenters. The smallest absolute Gasteiger partial charge is 0.407 e. The number of ether oxygens (including phenoxy) is 1. The minimum Gasteiger partial charge on any atom is -0.481 e. The summed E-state index contributed by atoms with van der Waals surface area (Å²) in [5.41, 5.74) is 2.34. The van der Waals surface area contributed by atoms with Crippen LogP contribution >= 0.6 is 0 Å². The van der Waals surface area contributed by atoms with Crippen LogP contribution in [0, 0.1) is 0 Å². The summed E-state index contributed by atoms with van der Waals surface area (Å²) in [6, 6.07) is 22.7. The SMILES string of the molecule is O=C(O)C[C@@H](NC(=O)OCc1ccccc1)c1cccc(NS(=O)(=O)c2cccc(NC(=O)NCc3ccncc3)c2)c1. The maximum atomic E-state index is 13.2. The van der Waals surface area contributed by atoms with Crippen molar-refractivity contribution in [3.05, 3.63) is 120 Å². The quantitative estimate of drug-likeness (QED) is 0.155. The number of amides is 3. The number of nitrogens with zero attached hydrogens (tertiary/aromatic N) is 1. The third-order valence-electron chi connectivity index (χ3n) is 6.03. The summed E-state index contributed by atoms with van der Waals surface area (Å²) in [5.74, 6) is -1.17. The number of benzene rings is 3. The highest BCUT2D eigenvalue weighted by molar-refractivity contribution is 7.92. The van der Waals surface area contributed by atoms with Gasteiger partial charge < -0.3 is 25.8 Å². The number of hydrogen-bond acceptors (Lipinski definition) is 7. The average Bonchev–Trinajstić information content (AvgIpc) is 2.99. The summed E-state index contributed by atoms with van der Waals surface area (Å²) in [6.07, 6.45) is 1.93. The second kappa shape index (κ2) is 14.5. The molecule has 4 aromatic rings. The van der Waals surface area contributed by atoms with Crippen LogP contribution in [0.25, 0.3) is 0 Å². The highest BCUT2D eigenvalue weighted by Crippen LogP contribution is 2.24. The normalized spacial score (nSPS) is 11.5. The van der Waals surface area contributed by atoms with Crippen LogP contribution in [-0.4, -0.2) is 36.6 Å². The third-order valence-corrected chi connectivity index (χ3v) is 7.41. The van der Waals surface area contributed by atoms with Gasteiger partial charge in [0.15, 0.2) is 0 Å². The average molecular weight is 604 g/mol. The van der Waals surface area contributed by atoms with Crippen molar-refractivity contribution in [3.63, 3.8) is 0 Å². The molecular formula is C30H29N5O7S. The Morgan fingerprint density at radius 3 is 2.30 bits per heavy atom. The fraction of sp³-hybridized carbons (Fsp3) is 0.133. The number of alkyl carbamates (subject to hydrolysis) is 1. The topological polar surface area (TPSA) is 176 Å². The molecular weight excluding hydrogens is 574 g/mol. The molecule has 0 aliphatic heterocycles. The van der Waals surface area contributed by atoms with E-state index in [1.54, 1.807) is 60.9 Å². The van der Waals surface area contributed by atoms with Crippen molar-refractivity contribution in [1.82, 2.24) is 15.6 Å². The van der Waals surface area contributed by atoms with Gasteiger partial charge >= 0.3 is 18.1 Å². The van der Waals surface area contributed by atoms with Gasteiger partial charge in [-0.25, -0.2) is 18.0 Å². The maximum Gasteiger partial charge on any atom is 0.407 e. The minimum atomic E-state index is -4.11. The summed E-state index contributed by atoms with van der Waals surface area (Å²) in [5, 5.41) is 17.2. The number of anilines is 2. The summed E-state index contributed by atoms with van der Waals surface area (Å²) in [6.45, 7) is 0.249. The molecule has 1 aromatic heterocycles. The van der Waals surface area contributed by atoms with E-state index in [1.165, 1.54) is 36.4 Å². The van der Waals surface area contributed by atoms with Crippen molar-refractivity contribution >= 4 is 39.5 Å². The Morgan fingerprint density at radius 2 is 1.56 bits per heavy atom. The van der Waals surface area contributed by atoms with Gasteiger partial charge in [0.2, 0.25) is 0 Å². The number of hydrogen-bond donors (Lipinski definition) is 5. The summed E-state index contributed by atoms with van der Waals surface area (Å²) < 4.78 is 34.0. The van der Waals surface area contributed by atoms with Crippen LogP contribution < -0.4 is 20.7 Å². The molecule has 3 aromatic carbocycles. The second-order valence-corrected chi connectivity index (χ2v) is 11.0. The van der Waals surface area contributed by atoms with Gasteiger partial charge in [0.25, 0.3) is 10.0 Å². The van der Waals surface area contributed by atoms with Gasteiger partial charge in [-0.1, -0.05) is 48.5 Å². The Balaban J connectivity index is 1.41. The van der Waals surface area contributed by atoms with Crippen LogP contribution in [0.4, 0.5) is 21.0 Å². The van der Waals surface area contributed by atoms with Gasteiger partial charge in [0.05, 0.1) is 17.4 Å². The van der Waals surface area contributed by atoms with Gasteiger partial charge in [-0.3, -0.25) is 14.5 Å². The highest BCUT2D eigenvalue weighted by atomic mass is 32.2. The summed E-state index contributed by atoms with van der Waals surface area (Å²) >= 11 is 0. The number of aliphatic carboxylic acids is 1. The lowest BCUT2D eigenvalue weighted by molar-refractivity contribution is -0.137. The van der Waals surface area contributed by atoms with E-state index in [0.717, 1.165) is 11.1 Å². The molecule has 0 aliphatic rings. The Kier molecular flexibility index (Phi) is 10.3. The van der Waals surface area contributed by atoms with E-state index < -0.39 is 40.6 Å². The number of carbonyl (C=O) groups excluding carboxylic acids is 2. The predicted molar refractivity (Wildman–Crippen MR) is 159 cm³/mol. The Morgan fingerprint density at radius 1 is 0.837 bits per heavy atom. The second-order valence-electron chi connectivity index (χ2n) is 9.28. The Bertz CT molecular complexity index is 1670. The Hall–Kier alpha value is -5.43. The number of rotatable bonds is 12. The lowest BCUT2D eigenvalue weighted by atomic mass is 10.0. The molecule has 222 valence electrons. The molecule has 0 radical (unpaired) electrons. The summed E-state index contributed by atoms with van der Waals surface area (Å²) in [7, 11) is -4.11. The molecule has 0 fully saturated rings. The van der Waals surface area contributed by atoms with Crippen LogP contribution in [0.3, 0.4) is 0 Å². The fourth-order valence-electron chi connectivity index (χ4n) is 3.97. The number of sulfonamides is 1. The van der Waals surface area contributed by atoms with E-state index in [4.69, 9.17) is 4.74 Å². The zero-order valence-electron chi connectivity index (χ0n) is 22.8.